The van der Waals surface area contributed by atoms with E-state index in [2.05, 4.69) is 10.1 Å². The van der Waals surface area contributed by atoms with Gasteiger partial charge in [0, 0.05) is 6.08 Å². The first-order valence-electron chi connectivity index (χ1n) is 6.07. The Morgan fingerprint density at radius 2 is 1.94 bits per heavy atom. The van der Waals surface area contributed by atoms with Gasteiger partial charge in [-0.25, -0.2) is 9.59 Å². The van der Waals surface area contributed by atoms with Gasteiger partial charge in [0.25, 0.3) is 0 Å². The van der Waals surface area contributed by atoms with Gasteiger partial charge in [-0.15, -0.1) is 0 Å². The standard InChI is InChI=1S/C13H21NO4/c1-13(2,3)18-12(16)14-10(9-5-6-9)7-8-11(15)17-4/h7-10H,5-6H2,1-4H3,(H,14,16). The number of hydrogen-bond donors (Lipinski definition) is 1. The number of alkyl carbamates (subject to hydrolysis) is 1. The zero-order valence-corrected chi connectivity index (χ0v) is 11.4. The second-order valence-corrected chi connectivity index (χ2v) is 5.39. The summed E-state index contributed by atoms with van der Waals surface area (Å²) in [5.74, 6) is -0.0370. The second kappa shape index (κ2) is 5.89. The van der Waals surface area contributed by atoms with E-state index < -0.39 is 17.7 Å². The molecule has 0 aromatic rings. The summed E-state index contributed by atoms with van der Waals surface area (Å²) >= 11 is 0. The number of carbonyl (C=O) groups excluding carboxylic acids is 2. The van der Waals surface area contributed by atoms with Gasteiger partial charge in [0.1, 0.15) is 5.60 Å². The van der Waals surface area contributed by atoms with Gasteiger partial charge >= 0.3 is 12.1 Å². The summed E-state index contributed by atoms with van der Waals surface area (Å²) in [7, 11) is 1.32. The minimum atomic E-state index is -0.524. The van der Waals surface area contributed by atoms with Gasteiger partial charge < -0.3 is 14.8 Å². The van der Waals surface area contributed by atoms with Crippen LogP contribution in [-0.4, -0.2) is 30.8 Å². The smallest absolute Gasteiger partial charge is 0.408 e. The highest BCUT2D eigenvalue weighted by Gasteiger charge is 2.31. The highest BCUT2D eigenvalue weighted by molar-refractivity contribution is 5.82. The first-order valence-corrected chi connectivity index (χ1v) is 6.07. The molecule has 0 radical (unpaired) electrons. The number of methoxy groups -OCH3 is 1. The zero-order chi connectivity index (χ0) is 13.8. The molecule has 1 unspecified atom stereocenters. The number of ether oxygens (including phenoxy) is 2. The van der Waals surface area contributed by atoms with Crippen molar-refractivity contribution < 1.29 is 19.1 Å². The molecule has 102 valence electrons. The number of esters is 1. The first kappa shape index (κ1) is 14.5. The monoisotopic (exact) mass is 255 g/mol. The topological polar surface area (TPSA) is 64.6 Å². The van der Waals surface area contributed by atoms with Crippen molar-refractivity contribution in [1.29, 1.82) is 0 Å². The van der Waals surface area contributed by atoms with Gasteiger partial charge in [-0.3, -0.25) is 0 Å². The molecule has 1 amide bonds. The molecule has 5 heteroatoms. The zero-order valence-electron chi connectivity index (χ0n) is 11.4. The normalized spacial score (nSPS) is 17.3. The van der Waals surface area contributed by atoms with E-state index in [0.29, 0.717) is 5.92 Å². The SMILES string of the molecule is COC(=O)C=CC(NC(=O)OC(C)(C)C)C1CC1. The number of carbonyl (C=O) groups is 2. The molecule has 0 aromatic heterocycles. The molecule has 1 fully saturated rings. The molecule has 1 rings (SSSR count). The van der Waals surface area contributed by atoms with Crippen LogP contribution in [-0.2, 0) is 14.3 Å². The Morgan fingerprint density at radius 3 is 2.39 bits per heavy atom. The predicted molar refractivity (Wildman–Crippen MR) is 67.0 cm³/mol. The van der Waals surface area contributed by atoms with Crippen LogP contribution in [0.5, 0.6) is 0 Å². The Bertz CT molecular complexity index is 339. The summed E-state index contributed by atoms with van der Waals surface area (Å²) in [6.45, 7) is 5.43. The van der Waals surface area contributed by atoms with Crippen molar-refractivity contribution in [2.45, 2.75) is 45.3 Å². The van der Waals surface area contributed by atoms with E-state index in [9.17, 15) is 9.59 Å². The summed E-state index contributed by atoms with van der Waals surface area (Å²) < 4.78 is 9.70. The maximum absolute atomic E-state index is 11.6. The van der Waals surface area contributed by atoms with Gasteiger partial charge in [0.2, 0.25) is 0 Å². The molecule has 1 saturated carbocycles. The van der Waals surface area contributed by atoms with Crippen LogP contribution in [0.2, 0.25) is 0 Å². The highest BCUT2D eigenvalue weighted by Crippen LogP contribution is 2.33. The van der Waals surface area contributed by atoms with Gasteiger partial charge in [0.05, 0.1) is 13.2 Å². The van der Waals surface area contributed by atoms with Crippen LogP contribution in [0.4, 0.5) is 4.79 Å². The minimum absolute atomic E-state index is 0.168. The Morgan fingerprint density at radius 1 is 1.33 bits per heavy atom. The van der Waals surface area contributed by atoms with Crippen LogP contribution in [0, 0.1) is 5.92 Å². The molecule has 0 saturated heterocycles. The maximum Gasteiger partial charge on any atom is 0.408 e. The molecular formula is C13H21NO4. The van der Waals surface area contributed by atoms with Crippen LogP contribution < -0.4 is 5.32 Å². The third-order valence-electron chi connectivity index (χ3n) is 2.45. The Hall–Kier alpha value is -1.52. The van der Waals surface area contributed by atoms with E-state index >= 15 is 0 Å². The fourth-order valence-electron chi connectivity index (χ4n) is 1.47. The molecule has 0 aliphatic heterocycles. The van der Waals surface area contributed by atoms with Crippen molar-refractivity contribution in [3.63, 3.8) is 0 Å². The van der Waals surface area contributed by atoms with Crippen molar-refractivity contribution in [2.24, 2.45) is 5.92 Å². The third kappa shape index (κ3) is 5.70. The molecule has 18 heavy (non-hydrogen) atoms. The number of rotatable bonds is 4. The Labute approximate surface area is 108 Å². The molecule has 0 aromatic carbocycles. The van der Waals surface area contributed by atoms with Crippen molar-refractivity contribution >= 4 is 12.1 Å². The van der Waals surface area contributed by atoms with Gasteiger partial charge in [-0.2, -0.15) is 0 Å². The molecule has 0 bridgehead atoms. The van der Waals surface area contributed by atoms with Gasteiger partial charge in [0.15, 0.2) is 0 Å². The first-order chi connectivity index (χ1) is 8.31. The van der Waals surface area contributed by atoms with Crippen LogP contribution >= 0.6 is 0 Å². The molecule has 1 aliphatic rings. The summed E-state index contributed by atoms with van der Waals surface area (Å²) in [4.78, 5) is 22.7. The van der Waals surface area contributed by atoms with E-state index in [0.717, 1.165) is 12.8 Å². The summed E-state index contributed by atoms with van der Waals surface area (Å²) in [5.41, 5.74) is -0.524. The lowest BCUT2D eigenvalue weighted by atomic mass is 10.1. The van der Waals surface area contributed by atoms with Gasteiger partial charge in [-0.1, -0.05) is 6.08 Å². The minimum Gasteiger partial charge on any atom is -0.466 e. The van der Waals surface area contributed by atoms with E-state index in [1.54, 1.807) is 6.08 Å². The number of hydrogen-bond acceptors (Lipinski definition) is 4. The van der Waals surface area contributed by atoms with E-state index in [1.807, 2.05) is 20.8 Å². The van der Waals surface area contributed by atoms with Crippen molar-refractivity contribution in [1.82, 2.24) is 5.32 Å². The van der Waals surface area contributed by atoms with Crippen molar-refractivity contribution in [3.05, 3.63) is 12.2 Å². The second-order valence-electron chi connectivity index (χ2n) is 5.39. The maximum atomic E-state index is 11.6. The van der Waals surface area contributed by atoms with E-state index in [-0.39, 0.29) is 6.04 Å². The molecule has 1 atom stereocenters. The average molecular weight is 255 g/mol. The highest BCUT2D eigenvalue weighted by atomic mass is 16.6. The number of nitrogens with one attached hydrogen (secondary N) is 1. The van der Waals surface area contributed by atoms with E-state index in [1.165, 1.54) is 13.2 Å². The average Bonchev–Trinajstić information content (AvgIpc) is 3.04. The summed E-state index contributed by atoms with van der Waals surface area (Å²) in [5, 5.41) is 2.76. The Kier molecular flexibility index (Phi) is 4.76. The van der Waals surface area contributed by atoms with Gasteiger partial charge in [-0.05, 0) is 39.5 Å². The summed E-state index contributed by atoms with van der Waals surface area (Å²) in [6.07, 6.45) is 4.63. The molecule has 1 aliphatic carbocycles. The molecule has 0 spiro atoms. The predicted octanol–water partition coefficient (Wildman–Crippen LogP) is 2.02. The quantitative estimate of drug-likeness (QED) is 0.616. The fraction of sp³-hybridized carbons (Fsp3) is 0.692. The van der Waals surface area contributed by atoms with Crippen molar-refractivity contribution in [2.75, 3.05) is 7.11 Å². The van der Waals surface area contributed by atoms with Crippen LogP contribution in [0.3, 0.4) is 0 Å². The van der Waals surface area contributed by atoms with Crippen LogP contribution in [0.25, 0.3) is 0 Å². The lowest BCUT2D eigenvalue weighted by molar-refractivity contribution is -0.134. The fourth-order valence-corrected chi connectivity index (χ4v) is 1.47. The number of amides is 1. The lowest BCUT2D eigenvalue weighted by Crippen LogP contribution is -2.39. The van der Waals surface area contributed by atoms with E-state index in [4.69, 9.17) is 4.74 Å². The van der Waals surface area contributed by atoms with Crippen LogP contribution in [0.15, 0.2) is 12.2 Å². The third-order valence-corrected chi connectivity index (χ3v) is 2.45. The van der Waals surface area contributed by atoms with Crippen LogP contribution in [0.1, 0.15) is 33.6 Å². The molecule has 1 N–H and O–H groups in total. The molecular weight excluding hydrogens is 234 g/mol. The molecule has 0 heterocycles. The largest absolute Gasteiger partial charge is 0.466 e. The lowest BCUT2D eigenvalue weighted by Gasteiger charge is -2.22. The molecule has 5 nitrogen and oxygen atoms in total. The van der Waals surface area contributed by atoms with Crippen molar-refractivity contribution in [3.8, 4) is 0 Å². The Balaban J connectivity index is 2.50. The summed E-state index contributed by atoms with van der Waals surface area (Å²) in [6, 6.07) is -0.168.